The van der Waals surface area contributed by atoms with E-state index in [1.807, 2.05) is 19.9 Å². The van der Waals surface area contributed by atoms with Crippen molar-refractivity contribution in [3.63, 3.8) is 0 Å². The van der Waals surface area contributed by atoms with Crippen LogP contribution in [0.15, 0.2) is 12.1 Å². The molecule has 0 amide bonds. The molecule has 1 aromatic rings. The Kier molecular flexibility index (Phi) is 1.91. The molecule has 0 saturated carbocycles. The van der Waals surface area contributed by atoms with E-state index in [1.165, 1.54) is 0 Å². The molecule has 1 aromatic carbocycles. The maximum absolute atomic E-state index is 13.7. The molecule has 0 spiro atoms. The summed E-state index contributed by atoms with van der Waals surface area (Å²) < 4.78 is 27.3. The SMILES string of the molecule is Cc1ccc2c(c1F)CC(F)C2(C)C. The van der Waals surface area contributed by atoms with Crippen LogP contribution >= 0.6 is 0 Å². The molecule has 0 nitrogen and oxygen atoms in total. The van der Waals surface area contributed by atoms with Crippen molar-refractivity contribution in [1.82, 2.24) is 0 Å². The summed E-state index contributed by atoms with van der Waals surface area (Å²) in [6, 6.07) is 3.58. The predicted molar refractivity (Wildman–Crippen MR) is 52.8 cm³/mol. The molecule has 0 fully saturated rings. The van der Waals surface area contributed by atoms with E-state index < -0.39 is 11.6 Å². The quantitative estimate of drug-likeness (QED) is 0.597. The van der Waals surface area contributed by atoms with E-state index in [9.17, 15) is 8.78 Å². The summed E-state index contributed by atoms with van der Waals surface area (Å²) in [6.45, 7) is 5.38. The van der Waals surface area contributed by atoms with Crippen molar-refractivity contribution in [3.8, 4) is 0 Å². The lowest BCUT2D eigenvalue weighted by atomic mass is 9.85. The molecule has 1 unspecified atom stereocenters. The Morgan fingerprint density at radius 1 is 1.36 bits per heavy atom. The van der Waals surface area contributed by atoms with Crippen molar-refractivity contribution in [2.24, 2.45) is 0 Å². The van der Waals surface area contributed by atoms with Crippen LogP contribution in [-0.2, 0) is 11.8 Å². The second kappa shape index (κ2) is 2.78. The number of hydrogen-bond acceptors (Lipinski definition) is 0. The Bertz CT molecular complexity index is 380. The lowest BCUT2D eigenvalue weighted by Gasteiger charge is -2.22. The van der Waals surface area contributed by atoms with Gasteiger partial charge in [0.15, 0.2) is 0 Å². The molecule has 0 saturated heterocycles. The lowest BCUT2D eigenvalue weighted by Crippen LogP contribution is -2.24. The van der Waals surface area contributed by atoms with Crippen molar-refractivity contribution in [2.75, 3.05) is 0 Å². The lowest BCUT2D eigenvalue weighted by molar-refractivity contribution is 0.237. The Morgan fingerprint density at radius 3 is 2.64 bits per heavy atom. The average Bonchev–Trinajstić information content (AvgIpc) is 2.33. The number of fused-ring (bicyclic) bond motifs is 1. The van der Waals surface area contributed by atoms with Crippen LogP contribution in [0.2, 0.25) is 0 Å². The normalized spacial score (nSPS) is 23.6. The Balaban J connectivity index is 2.64. The highest BCUT2D eigenvalue weighted by molar-refractivity contribution is 5.43. The maximum Gasteiger partial charge on any atom is 0.129 e. The monoisotopic (exact) mass is 196 g/mol. The van der Waals surface area contributed by atoms with Gasteiger partial charge in [0, 0.05) is 11.8 Å². The third kappa shape index (κ3) is 1.09. The molecule has 0 aliphatic heterocycles. The zero-order chi connectivity index (χ0) is 10.5. The topological polar surface area (TPSA) is 0 Å². The molecule has 1 aliphatic rings. The van der Waals surface area contributed by atoms with Crippen molar-refractivity contribution >= 4 is 0 Å². The highest BCUT2D eigenvalue weighted by Crippen LogP contribution is 2.41. The van der Waals surface area contributed by atoms with E-state index in [0.29, 0.717) is 11.1 Å². The molecule has 2 heteroatoms. The van der Waals surface area contributed by atoms with E-state index in [2.05, 4.69) is 0 Å². The second-order valence-electron chi connectivity index (χ2n) is 4.62. The van der Waals surface area contributed by atoms with Gasteiger partial charge in [0.25, 0.3) is 0 Å². The van der Waals surface area contributed by atoms with E-state index in [1.54, 1.807) is 13.0 Å². The van der Waals surface area contributed by atoms with Gasteiger partial charge in [-0.05, 0) is 23.6 Å². The van der Waals surface area contributed by atoms with Gasteiger partial charge in [-0.2, -0.15) is 0 Å². The number of halogens is 2. The fourth-order valence-corrected chi connectivity index (χ4v) is 2.14. The van der Waals surface area contributed by atoms with E-state index >= 15 is 0 Å². The van der Waals surface area contributed by atoms with Crippen LogP contribution < -0.4 is 0 Å². The van der Waals surface area contributed by atoms with Crippen molar-refractivity contribution < 1.29 is 8.78 Å². The number of benzene rings is 1. The first kappa shape index (κ1) is 9.63. The van der Waals surface area contributed by atoms with Gasteiger partial charge in [0.05, 0.1) is 0 Å². The molecule has 2 rings (SSSR count). The van der Waals surface area contributed by atoms with Gasteiger partial charge in [0.1, 0.15) is 12.0 Å². The first-order valence-electron chi connectivity index (χ1n) is 4.87. The second-order valence-corrected chi connectivity index (χ2v) is 4.62. The zero-order valence-corrected chi connectivity index (χ0v) is 8.70. The summed E-state index contributed by atoms with van der Waals surface area (Å²) in [5.41, 5.74) is 1.47. The molecule has 0 bridgehead atoms. The number of aryl methyl sites for hydroxylation is 1. The third-order valence-electron chi connectivity index (χ3n) is 3.30. The molecule has 1 atom stereocenters. The highest BCUT2D eigenvalue weighted by Gasteiger charge is 2.41. The van der Waals surface area contributed by atoms with Gasteiger partial charge in [-0.15, -0.1) is 0 Å². The smallest absolute Gasteiger partial charge is 0.129 e. The van der Waals surface area contributed by atoms with Crippen LogP contribution in [0.5, 0.6) is 0 Å². The maximum atomic E-state index is 13.7. The van der Waals surface area contributed by atoms with Crippen molar-refractivity contribution in [3.05, 3.63) is 34.6 Å². The van der Waals surface area contributed by atoms with E-state index in [0.717, 1.165) is 5.56 Å². The van der Waals surface area contributed by atoms with Gasteiger partial charge in [-0.25, -0.2) is 8.78 Å². The zero-order valence-electron chi connectivity index (χ0n) is 8.70. The first-order chi connectivity index (χ1) is 6.44. The van der Waals surface area contributed by atoms with Crippen LogP contribution in [0.25, 0.3) is 0 Å². The highest BCUT2D eigenvalue weighted by atomic mass is 19.1. The molecule has 0 radical (unpaired) electrons. The van der Waals surface area contributed by atoms with Gasteiger partial charge in [-0.1, -0.05) is 26.0 Å². The summed E-state index contributed by atoms with van der Waals surface area (Å²) >= 11 is 0. The molecule has 76 valence electrons. The fraction of sp³-hybridized carbons (Fsp3) is 0.500. The van der Waals surface area contributed by atoms with Crippen LogP contribution in [0.1, 0.15) is 30.5 Å². The van der Waals surface area contributed by atoms with Gasteiger partial charge in [-0.3, -0.25) is 0 Å². The number of rotatable bonds is 0. The molecule has 0 aromatic heterocycles. The summed E-state index contributed by atoms with van der Waals surface area (Å²) in [4.78, 5) is 0. The molecular weight excluding hydrogens is 182 g/mol. The third-order valence-corrected chi connectivity index (χ3v) is 3.30. The van der Waals surface area contributed by atoms with Gasteiger partial charge >= 0.3 is 0 Å². The Labute approximate surface area is 82.9 Å². The standard InChI is InChI=1S/C12H14F2/c1-7-4-5-9-8(11(7)14)6-10(13)12(9,2)3/h4-5,10H,6H2,1-3H3. The van der Waals surface area contributed by atoms with Crippen molar-refractivity contribution in [1.29, 1.82) is 0 Å². The van der Waals surface area contributed by atoms with Crippen LogP contribution in [0, 0.1) is 12.7 Å². The largest absolute Gasteiger partial charge is 0.246 e. The minimum Gasteiger partial charge on any atom is -0.246 e. The first-order valence-corrected chi connectivity index (χ1v) is 4.87. The Morgan fingerprint density at radius 2 is 2.00 bits per heavy atom. The molecule has 0 N–H and O–H groups in total. The molecular formula is C12H14F2. The Hall–Kier alpha value is -0.920. The average molecular weight is 196 g/mol. The van der Waals surface area contributed by atoms with Crippen molar-refractivity contribution in [2.45, 2.75) is 38.8 Å². The number of hydrogen-bond donors (Lipinski definition) is 0. The fourth-order valence-electron chi connectivity index (χ4n) is 2.14. The number of alkyl halides is 1. The summed E-state index contributed by atoms with van der Waals surface area (Å²) in [6.07, 6.45) is -0.746. The van der Waals surface area contributed by atoms with Crippen LogP contribution in [0.4, 0.5) is 8.78 Å². The van der Waals surface area contributed by atoms with Crippen LogP contribution in [0.3, 0.4) is 0 Å². The predicted octanol–water partition coefficient (Wildman–Crippen LogP) is 3.31. The minimum atomic E-state index is -0.964. The van der Waals surface area contributed by atoms with Gasteiger partial charge in [0.2, 0.25) is 0 Å². The molecule has 0 heterocycles. The summed E-state index contributed by atoms with van der Waals surface area (Å²) in [5, 5.41) is 0. The minimum absolute atomic E-state index is 0.218. The van der Waals surface area contributed by atoms with Crippen LogP contribution in [-0.4, -0.2) is 6.17 Å². The summed E-state index contributed by atoms with van der Waals surface area (Å²) in [7, 11) is 0. The van der Waals surface area contributed by atoms with Gasteiger partial charge < -0.3 is 0 Å². The van der Waals surface area contributed by atoms with E-state index in [4.69, 9.17) is 0 Å². The van der Waals surface area contributed by atoms with E-state index in [-0.39, 0.29) is 12.2 Å². The molecule has 14 heavy (non-hydrogen) atoms. The molecule has 1 aliphatic carbocycles. The summed E-state index contributed by atoms with van der Waals surface area (Å²) in [5.74, 6) is -0.226.